The molecule has 0 radical (unpaired) electrons. The van der Waals surface area contributed by atoms with E-state index in [1.165, 1.54) is 19.6 Å². The van der Waals surface area contributed by atoms with Gasteiger partial charge in [-0.25, -0.2) is 8.42 Å². The van der Waals surface area contributed by atoms with Crippen molar-refractivity contribution in [3.8, 4) is 5.75 Å². The minimum absolute atomic E-state index is 0.0127. The number of methoxy groups -OCH3 is 1. The van der Waals surface area contributed by atoms with E-state index in [-0.39, 0.29) is 6.04 Å². The molecule has 0 saturated heterocycles. The fourth-order valence-electron chi connectivity index (χ4n) is 3.09. The third kappa shape index (κ3) is 2.33. The monoisotopic (exact) mass is 302 g/mol. The van der Waals surface area contributed by atoms with Gasteiger partial charge in [0.15, 0.2) is 15.6 Å². The molecule has 1 aliphatic rings. The lowest BCUT2D eigenvalue weighted by Gasteiger charge is -2.31. The van der Waals surface area contributed by atoms with Gasteiger partial charge >= 0.3 is 0 Å². The van der Waals surface area contributed by atoms with E-state index in [0.29, 0.717) is 30.7 Å². The van der Waals surface area contributed by atoms with Gasteiger partial charge in [-0.15, -0.1) is 0 Å². The van der Waals surface area contributed by atoms with Gasteiger partial charge in [0.1, 0.15) is 11.3 Å². The number of sulfone groups is 1. The van der Waals surface area contributed by atoms with E-state index in [0.717, 1.165) is 0 Å². The molecule has 1 aromatic heterocycles. The highest BCUT2D eigenvalue weighted by molar-refractivity contribution is 7.91. The van der Waals surface area contributed by atoms with Crippen LogP contribution >= 0.6 is 0 Å². The van der Waals surface area contributed by atoms with Crippen LogP contribution in [0.1, 0.15) is 44.8 Å². The van der Waals surface area contributed by atoms with Crippen molar-refractivity contribution in [1.29, 1.82) is 0 Å². The van der Waals surface area contributed by atoms with Crippen molar-refractivity contribution in [2.75, 3.05) is 13.4 Å². The first-order valence-electron chi connectivity index (χ1n) is 6.75. The first-order valence-corrected chi connectivity index (χ1v) is 8.70. The lowest BCUT2D eigenvalue weighted by molar-refractivity contribution is 0.0345. The first-order chi connectivity index (χ1) is 9.21. The molecule has 7 heteroatoms. The molecule has 2 rings (SSSR count). The van der Waals surface area contributed by atoms with Gasteiger partial charge < -0.3 is 9.84 Å². The molecule has 0 spiro atoms. The molecule has 0 aliphatic heterocycles. The minimum atomic E-state index is -3.35. The molecule has 1 aliphatic carbocycles. The van der Waals surface area contributed by atoms with Crippen LogP contribution in [0.2, 0.25) is 0 Å². The summed E-state index contributed by atoms with van der Waals surface area (Å²) in [6, 6.07) is 0.0127. The van der Waals surface area contributed by atoms with Crippen molar-refractivity contribution in [3.05, 3.63) is 11.9 Å². The topological polar surface area (TPSA) is 81.4 Å². The number of hydrogen-bond acceptors (Lipinski definition) is 5. The summed E-state index contributed by atoms with van der Waals surface area (Å²) in [5.74, 6) is 0.441. The lowest BCUT2D eigenvalue weighted by Crippen LogP contribution is -2.42. The Hall–Kier alpha value is -1.08. The van der Waals surface area contributed by atoms with Crippen LogP contribution in [0.25, 0.3) is 0 Å². The second-order valence-corrected chi connectivity index (χ2v) is 7.96. The zero-order valence-electron chi connectivity index (χ0n) is 12.3. The molecule has 1 fully saturated rings. The Labute approximate surface area is 119 Å². The predicted octanol–water partition coefficient (Wildman–Crippen LogP) is 1.26. The third-order valence-corrected chi connectivity index (χ3v) is 5.61. The number of ether oxygens (including phenoxy) is 1. The molecule has 1 N–H and O–H groups in total. The van der Waals surface area contributed by atoms with Crippen molar-refractivity contribution < 1.29 is 18.3 Å². The van der Waals surface area contributed by atoms with Crippen molar-refractivity contribution >= 4 is 9.84 Å². The maximum absolute atomic E-state index is 12.0. The Morgan fingerprint density at radius 1 is 1.55 bits per heavy atom. The van der Waals surface area contributed by atoms with Gasteiger partial charge in [0.25, 0.3) is 0 Å². The van der Waals surface area contributed by atoms with Crippen LogP contribution in [0.15, 0.2) is 6.20 Å². The minimum Gasteiger partial charge on any atom is -0.493 e. The highest BCUT2D eigenvalue weighted by Crippen LogP contribution is 2.46. The first kappa shape index (κ1) is 15.3. The van der Waals surface area contributed by atoms with Gasteiger partial charge in [0, 0.05) is 12.3 Å². The van der Waals surface area contributed by atoms with E-state index in [2.05, 4.69) is 5.10 Å². The quantitative estimate of drug-likeness (QED) is 0.905. The van der Waals surface area contributed by atoms with E-state index in [1.807, 2.05) is 13.8 Å². The Morgan fingerprint density at radius 3 is 2.70 bits per heavy atom. The van der Waals surface area contributed by atoms with E-state index >= 15 is 0 Å². The molecular formula is C13H22N2O4S. The number of hydrogen-bond donors (Lipinski definition) is 1. The Bertz CT molecular complexity index is 594. The van der Waals surface area contributed by atoms with Crippen molar-refractivity contribution in [2.45, 2.75) is 50.0 Å². The van der Waals surface area contributed by atoms with Crippen LogP contribution in [-0.2, 0) is 15.4 Å². The predicted molar refractivity (Wildman–Crippen MR) is 75.5 cm³/mol. The van der Waals surface area contributed by atoms with E-state index < -0.39 is 20.7 Å². The highest BCUT2D eigenvalue weighted by Gasteiger charge is 2.51. The summed E-state index contributed by atoms with van der Waals surface area (Å²) in [6.07, 6.45) is 4.24. The van der Waals surface area contributed by atoms with E-state index in [1.54, 1.807) is 4.68 Å². The van der Waals surface area contributed by atoms with Gasteiger partial charge in [0.05, 0.1) is 18.6 Å². The lowest BCUT2D eigenvalue weighted by atomic mass is 9.96. The molecule has 1 saturated carbocycles. The van der Waals surface area contributed by atoms with Gasteiger partial charge in [0.2, 0.25) is 0 Å². The zero-order chi connectivity index (χ0) is 15.1. The Balaban J connectivity index is 2.62. The number of aliphatic hydroxyl groups is 1. The molecule has 2 atom stereocenters. The zero-order valence-corrected chi connectivity index (χ0v) is 13.1. The Kier molecular flexibility index (Phi) is 3.85. The molecule has 0 amide bonds. The van der Waals surface area contributed by atoms with Crippen LogP contribution in [0.5, 0.6) is 5.75 Å². The van der Waals surface area contributed by atoms with E-state index in [4.69, 9.17) is 4.74 Å². The molecule has 1 aromatic rings. The van der Waals surface area contributed by atoms with Gasteiger partial charge in [-0.05, 0) is 33.1 Å². The van der Waals surface area contributed by atoms with Crippen LogP contribution in [0.3, 0.4) is 0 Å². The van der Waals surface area contributed by atoms with Crippen LogP contribution in [0, 0.1) is 0 Å². The summed E-state index contributed by atoms with van der Waals surface area (Å²) in [4.78, 5) is 0. The average Bonchev–Trinajstić information content (AvgIpc) is 2.91. The van der Waals surface area contributed by atoms with Crippen LogP contribution in [0.4, 0.5) is 0 Å². The standard InChI is InChI=1S/C13H22N2O4S/c1-9(2)15-12(10(19-3)8-14-15)13(16)7-5-6-11(13)20(4,17)18/h8-9,11,16H,5-7H2,1-4H3. The smallest absolute Gasteiger partial charge is 0.163 e. The van der Waals surface area contributed by atoms with Gasteiger partial charge in [-0.1, -0.05) is 0 Å². The number of nitrogens with zero attached hydrogens (tertiary/aromatic N) is 2. The van der Waals surface area contributed by atoms with Crippen molar-refractivity contribution in [1.82, 2.24) is 9.78 Å². The van der Waals surface area contributed by atoms with Crippen LogP contribution < -0.4 is 4.74 Å². The molecule has 0 bridgehead atoms. The number of aromatic nitrogens is 2. The molecule has 1 heterocycles. The molecule has 0 aromatic carbocycles. The number of rotatable bonds is 4. The van der Waals surface area contributed by atoms with E-state index in [9.17, 15) is 13.5 Å². The molecule has 114 valence electrons. The summed E-state index contributed by atoms with van der Waals surface area (Å²) in [6.45, 7) is 3.87. The highest BCUT2D eigenvalue weighted by atomic mass is 32.2. The normalized spacial score (nSPS) is 27.2. The summed E-state index contributed by atoms with van der Waals surface area (Å²) >= 11 is 0. The Morgan fingerprint density at radius 2 is 2.20 bits per heavy atom. The summed E-state index contributed by atoms with van der Waals surface area (Å²) in [5.41, 5.74) is -0.956. The molecule has 6 nitrogen and oxygen atoms in total. The SMILES string of the molecule is COc1cnn(C(C)C)c1C1(O)CCCC1S(C)(=O)=O. The van der Waals surface area contributed by atoms with Crippen molar-refractivity contribution in [3.63, 3.8) is 0 Å². The largest absolute Gasteiger partial charge is 0.493 e. The molecule has 2 unspecified atom stereocenters. The fraction of sp³-hybridized carbons (Fsp3) is 0.769. The second-order valence-electron chi connectivity index (χ2n) is 5.73. The third-order valence-electron chi connectivity index (χ3n) is 3.95. The molecule has 20 heavy (non-hydrogen) atoms. The summed E-state index contributed by atoms with van der Waals surface area (Å²) < 4.78 is 30.9. The fourth-order valence-corrected chi connectivity index (χ4v) is 4.63. The van der Waals surface area contributed by atoms with Gasteiger partial charge in [-0.3, -0.25) is 4.68 Å². The van der Waals surface area contributed by atoms with Gasteiger partial charge in [-0.2, -0.15) is 5.10 Å². The average molecular weight is 302 g/mol. The summed E-state index contributed by atoms with van der Waals surface area (Å²) in [5, 5.41) is 14.5. The second kappa shape index (κ2) is 5.04. The van der Waals surface area contributed by atoms with Crippen molar-refractivity contribution in [2.24, 2.45) is 0 Å². The maximum atomic E-state index is 12.0. The summed E-state index contributed by atoms with van der Waals surface area (Å²) in [7, 11) is -1.85. The van der Waals surface area contributed by atoms with Crippen LogP contribution in [-0.4, -0.2) is 41.9 Å². The molecular weight excluding hydrogens is 280 g/mol. The maximum Gasteiger partial charge on any atom is 0.163 e.